The molecule has 0 spiro atoms. The quantitative estimate of drug-likeness (QED) is 0.896. The fourth-order valence-corrected chi connectivity index (χ4v) is 2.63. The molecule has 3 nitrogen and oxygen atoms in total. The first-order valence-corrected chi connectivity index (χ1v) is 7.23. The first kappa shape index (κ1) is 14.1. The molecule has 1 aromatic carbocycles. The van der Waals surface area contributed by atoms with Gasteiger partial charge >= 0.3 is 0 Å². The number of likely N-dealkylation sites (N-methyl/N-ethyl adjacent to an activating group) is 1. The van der Waals surface area contributed by atoms with Crippen LogP contribution in [0, 0.1) is 0 Å². The number of benzene rings is 1. The molecule has 1 aliphatic carbocycles. The van der Waals surface area contributed by atoms with Gasteiger partial charge in [0.1, 0.15) is 18.0 Å². The van der Waals surface area contributed by atoms with Crippen LogP contribution in [0.4, 0.5) is 0 Å². The molecule has 2 rings (SSSR count). The van der Waals surface area contributed by atoms with Gasteiger partial charge in [0, 0.05) is 23.5 Å². The van der Waals surface area contributed by atoms with Gasteiger partial charge in [-0.3, -0.25) is 0 Å². The molecule has 3 unspecified atom stereocenters. The lowest BCUT2D eigenvalue weighted by atomic mass is 9.85. The van der Waals surface area contributed by atoms with E-state index in [1.165, 1.54) is 0 Å². The maximum atomic E-state index is 6.11. The number of rotatable bonds is 5. The molecule has 0 aliphatic heterocycles. The van der Waals surface area contributed by atoms with Crippen molar-refractivity contribution in [1.29, 1.82) is 0 Å². The van der Waals surface area contributed by atoms with Gasteiger partial charge in [-0.05, 0) is 32.2 Å². The highest BCUT2D eigenvalue weighted by Crippen LogP contribution is 2.34. The van der Waals surface area contributed by atoms with E-state index in [4.69, 9.17) is 21.1 Å². The van der Waals surface area contributed by atoms with Crippen molar-refractivity contribution < 1.29 is 9.47 Å². The van der Waals surface area contributed by atoms with Gasteiger partial charge in [-0.25, -0.2) is 0 Å². The number of halogens is 2. The standard InChI is InChI=1S/C13H17BrClNO2/c1-3-17-13-10(16-2)7-12(13)18-11-6-8(14)4-5-9(11)15/h4-6,10,12-13,16H,3,7H2,1-2H3. The number of nitrogens with one attached hydrogen (secondary N) is 1. The van der Waals surface area contributed by atoms with E-state index in [1.54, 1.807) is 0 Å². The smallest absolute Gasteiger partial charge is 0.139 e. The Morgan fingerprint density at radius 3 is 2.94 bits per heavy atom. The molecule has 1 fully saturated rings. The summed E-state index contributed by atoms with van der Waals surface area (Å²) in [6, 6.07) is 5.97. The summed E-state index contributed by atoms with van der Waals surface area (Å²) in [5, 5.41) is 3.86. The third-order valence-corrected chi connectivity index (χ3v) is 3.96. The van der Waals surface area contributed by atoms with Gasteiger partial charge in [-0.1, -0.05) is 27.5 Å². The topological polar surface area (TPSA) is 30.5 Å². The second kappa shape index (κ2) is 6.24. The van der Waals surface area contributed by atoms with E-state index in [9.17, 15) is 0 Å². The van der Waals surface area contributed by atoms with Gasteiger partial charge in [0.2, 0.25) is 0 Å². The van der Waals surface area contributed by atoms with Crippen molar-refractivity contribution in [1.82, 2.24) is 5.32 Å². The molecule has 100 valence electrons. The van der Waals surface area contributed by atoms with Crippen LogP contribution in [0.15, 0.2) is 22.7 Å². The zero-order chi connectivity index (χ0) is 13.1. The number of hydrogen-bond donors (Lipinski definition) is 1. The maximum Gasteiger partial charge on any atom is 0.139 e. The van der Waals surface area contributed by atoms with Crippen LogP contribution in [-0.4, -0.2) is 31.9 Å². The molecule has 5 heteroatoms. The van der Waals surface area contributed by atoms with Crippen molar-refractivity contribution in [2.75, 3.05) is 13.7 Å². The second-order valence-electron chi connectivity index (χ2n) is 4.28. The Balaban J connectivity index is 2.03. The lowest BCUT2D eigenvalue weighted by Crippen LogP contribution is -2.60. The Bertz CT molecular complexity index is 416. The first-order chi connectivity index (χ1) is 8.65. The maximum absolute atomic E-state index is 6.11. The first-order valence-electron chi connectivity index (χ1n) is 6.06. The number of ether oxygens (including phenoxy) is 2. The van der Waals surface area contributed by atoms with Gasteiger partial charge in [-0.2, -0.15) is 0 Å². The van der Waals surface area contributed by atoms with E-state index in [1.807, 2.05) is 32.2 Å². The Morgan fingerprint density at radius 1 is 1.50 bits per heavy atom. The molecule has 0 radical (unpaired) electrons. The zero-order valence-electron chi connectivity index (χ0n) is 10.5. The summed E-state index contributed by atoms with van der Waals surface area (Å²) in [5.74, 6) is 0.704. The van der Waals surface area contributed by atoms with Crippen LogP contribution in [0.5, 0.6) is 5.75 Å². The van der Waals surface area contributed by atoms with Crippen molar-refractivity contribution in [2.24, 2.45) is 0 Å². The van der Waals surface area contributed by atoms with Crippen molar-refractivity contribution in [2.45, 2.75) is 31.6 Å². The summed E-state index contributed by atoms with van der Waals surface area (Å²) < 4.78 is 12.6. The molecule has 0 heterocycles. The van der Waals surface area contributed by atoms with Crippen LogP contribution in [0.2, 0.25) is 5.02 Å². The minimum atomic E-state index is 0.0641. The molecule has 1 saturated carbocycles. The second-order valence-corrected chi connectivity index (χ2v) is 5.60. The molecular weight excluding hydrogens is 318 g/mol. The monoisotopic (exact) mass is 333 g/mol. The van der Waals surface area contributed by atoms with Crippen molar-refractivity contribution >= 4 is 27.5 Å². The molecular formula is C13H17BrClNO2. The molecule has 0 saturated heterocycles. The Morgan fingerprint density at radius 2 is 2.28 bits per heavy atom. The molecule has 1 aromatic rings. The van der Waals surface area contributed by atoms with Gasteiger partial charge in [0.25, 0.3) is 0 Å². The Labute approximate surface area is 121 Å². The average Bonchev–Trinajstić information content (AvgIpc) is 2.35. The normalized spacial score (nSPS) is 26.8. The summed E-state index contributed by atoms with van der Waals surface area (Å²) in [7, 11) is 1.94. The minimum Gasteiger partial charge on any atom is -0.486 e. The highest BCUT2D eigenvalue weighted by atomic mass is 79.9. The third-order valence-electron chi connectivity index (χ3n) is 3.15. The molecule has 1 aliphatic rings. The fourth-order valence-electron chi connectivity index (χ4n) is 2.13. The van der Waals surface area contributed by atoms with E-state index in [2.05, 4.69) is 21.2 Å². The molecule has 0 aromatic heterocycles. The van der Waals surface area contributed by atoms with Gasteiger partial charge < -0.3 is 14.8 Å². The summed E-state index contributed by atoms with van der Waals surface area (Å²) in [6.07, 6.45) is 1.09. The largest absolute Gasteiger partial charge is 0.486 e. The van der Waals surface area contributed by atoms with Crippen LogP contribution in [0.3, 0.4) is 0 Å². The van der Waals surface area contributed by atoms with E-state index in [-0.39, 0.29) is 12.2 Å². The molecule has 0 bridgehead atoms. The van der Waals surface area contributed by atoms with Gasteiger partial charge in [0.15, 0.2) is 0 Å². The highest BCUT2D eigenvalue weighted by Gasteiger charge is 2.43. The van der Waals surface area contributed by atoms with E-state index >= 15 is 0 Å². The van der Waals surface area contributed by atoms with Crippen molar-refractivity contribution in [3.8, 4) is 5.75 Å². The van der Waals surface area contributed by atoms with Gasteiger partial charge in [-0.15, -0.1) is 0 Å². The Kier molecular flexibility index (Phi) is 4.90. The predicted molar refractivity (Wildman–Crippen MR) is 76.4 cm³/mol. The molecule has 0 amide bonds. The van der Waals surface area contributed by atoms with E-state index in [0.29, 0.717) is 23.4 Å². The van der Waals surface area contributed by atoms with E-state index < -0.39 is 0 Å². The predicted octanol–water partition coefficient (Wildman–Crippen LogP) is 3.25. The lowest BCUT2D eigenvalue weighted by Gasteiger charge is -2.43. The molecule has 1 N–H and O–H groups in total. The average molecular weight is 335 g/mol. The third kappa shape index (κ3) is 2.99. The van der Waals surface area contributed by atoms with Crippen LogP contribution in [0.25, 0.3) is 0 Å². The SMILES string of the molecule is CCOC1C(NC)CC1Oc1cc(Br)ccc1Cl. The van der Waals surface area contributed by atoms with Gasteiger partial charge in [0.05, 0.1) is 5.02 Å². The van der Waals surface area contributed by atoms with E-state index in [0.717, 1.165) is 10.9 Å². The van der Waals surface area contributed by atoms with Crippen LogP contribution >= 0.6 is 27.5 Å². The fraction of sp³-hybridized carbons (Fsp3) is 0.538. The minimum absolute atomic E-state index is 0.0641. The summed E-state index contributed by atoms with van der Waals surface area (Å²) in [5.41, 5.74) is 0. The zero-order valence-corrected chi connectivity index (χ0v) is 12.8. The Hall–Kier alpha value is -0.290. The number of hydrogen-bond acceptors (Lipinski definition) is 3. The van der Waals surface area contributed by atoms with Crippen LogP contribution < -0.4 is 10.1 Å². The van der Waals surface area contributed by atoms with Crippen LogP contribution in [0.1, 0.15) is 13.3 Å². The van der Waals surface area contributed by atoms with Crippen LogP contribution in [-0.2, 0) is 4.74 Å². The van der Waals surface area contributed by atoms with Crippen molar-refractivity contribution in [3.63, 3.8) is 0 Å². The lowest BCUT2D eigenvalue weighted by molar-refractivity contribution is -0.103. The molecule has 18 heavy (non-hydrogen) atoms. The van der Waals surface area contributed by atoms with Crippen molar-refractivity contribution in [3.05, 3.63) is 27.7 Å². The summed E-state index contributed by atoms with van der Waals surface area (Å²) in [6.45, 7) is 2.68. The summed E-state index contributed by atoms with van der Waals surface area (Å²) >= 11 is 9.53. The highest BCUT2D eigenvalue weighted by molar-refractivity contribution is 9.10. The molecule has 3 atom stereocenters. The summed E-state index contributed by atoms with van der Waals surface area (Å²) in [4.78, 5) is 0.